The first-order valence-electron chi connectivity index (χ1n) is 11.2. The van der Waals surface area contributed by atoms with Crippen molar-refractivity contribution in [2.45, 2.75) is 59.5 Å². The smallest absolute Gasteiger partial charge is 0.322 e. The van der Waals surface area contributed by atoms with Crippen LogP contribution in [0.4, 0.5) is 5.82 Å². The van der Waals surface area contributed by atoms with Crippen LogP contribution in [0.1, 0.15) is 45.9 Å². The minimum absolute atomic E-state index is 0.156. The van der Waals surface area contributed by atoms with Crippen molar-refractivity contribution in [2.24, 2.45) is 5.92 Å². The Morgan fingerprint density at radius 2 is 2.00 bits per heavy atom. The molecule has 174 valence electrons. The number of nitrogens with one attached hydrogen (secondary N) is 2. The molecule has 4 aromatic rings. The number of carbonyl (C=O) groups is 1. The van der Waals surface area contributed by atoms with Crippen molar-refractivity contribution in [1.82, 2.24) is 33.7 Å². The molecule has 0 aliphatic rings. The van der Waals surface area contributed by atoms with E-state index in [1.165, 1.54) is 4.57 Å². The summed E-state index contributed by atoms with van der Waals surface area (Å²) in [5.74, 6) is 1.17. The van der Waals surface area contributed by atoms with E-state index >= 15 is 0 Å². The van der Waals surface area contributed by atoms with E-state index in [1.807, 2.05) is 25.3 Å². The van der Waals surface area contributed by atoms with E-state index in [0.717, 1.165) is 12.8 Å². The molecule has 0 aromatic carbocycles. The van der Waals surface area contributed by atoms with Crippen LogP contribution in [0, 0.1) is 5.92 Å². The molecule has 0 bridgehead atoms. The van der Waals surface area contributed by atoms with E-state index in [9.17, 15) is 14.4 Å². The molecule has 4 aromatic heterocycles. The fourth-order valence-corrected chi connectivity index (χ4v) is 3.85. The van der Waals surface area contributed by atoms with Gasteiger partial charge in [0.2, 0.25) is 5.91 Å². The lowest BCUT2D eigenvalue weighted by Crippen LogP contribution is -2.31. The summed E-state index contributed by atoms with van der Waals surface area (Å²) in [5, 5.41) is 7.03. The molecule has 0 saturated heterocycles. The molecular formula is C22H28N8O3. The molecule has 0 unspecified atom stereocenters. The molecule has 1 amide bonds. The van der Waals surface area contributed by atoms with Gasteiger partial charge in [-0.05, 0) is 18.4 Å². The first-order chi connectivity index (χ1) is 15.9. The molecule has 0 fully saturated rings. The molecule has 11 heteroatoms. The van der Waals surface area contributed by atoms with Crippen molar-refractivity contribution < 1.29 is 4.79 Å². The third kappa shape index (κ3) is 4.57. The summed E-state index contributed by atoms with van der Waals surface area (Å²) in [6.07, 6.45) is 5.40. The number of aromatic amines is 1. The maximum atomic E-state index is 12.7. The molecule has 0 aliphatic heterocycles. The lowest BCUT2D eigenvalue weighted by Gasteiger charge is -2.12. The number of rotatable bonds is 9. The molecule has 2 N–H and O–H groups in total. The third-order valence-corrected chi connectivity index (χ3v) is 5.38. The maximum Gasteiger partial charge on any atom is 0.330 e. The summed E-state index contributed by atoms with van der Waals surface area (Å²) in [6.45, 7) is 7.16. The van der Waals surface area contributed by atoms with Crippen LogP contribution < -0.4 is 16.6 Å². The molecule has 0 radical (unpaired) electrons. The van der Waals surface area contributed by atoms with Crippen molar-refractivity contribution in [3.05, 3.63) is 51.2 Å². The van der Waals surface area contributed by atoms with Crippen LogP contribution >= 0.6 is 0 Å². The fourth-order valence-electron chi connectivity index (χ4n) is 3.85. The number of aromatic nitrogens is 7. The van der Waals surface area contributed by atoms with Gasteiger partial charge in [-0.2, -0.15) is 9.61 Å². The minimum Gasteiger partial charge on any atom is -0.322 e. The summed E-state index contributed by atoms with van der Waals surface area (Å²) in [5.41, 5.74) is 0.475. The Labute approximate surface area is 189 Å². The monoisotopic (exact) mass is 452 g/mol. The van der Waals surface area contributed by atoms with Crippen molar-refractivity contribution in [2.75, 3.05) is 5.32 Å². The zero-order chi connectivity index (χ0) is 23.5. The van der Waals surface area contributed by atoms with E-state index in [2.05, 4.69) is 25.4 Å². The highest BCUT2D eigenvalue weighted by Crippen LogP contribution is 2.17. The summed E-state index contributed by atoms with van der Waals surface area (Å²) >= 11 is 0. The predicted molar refractivity (Wildman–Crippen MR) is 124 cm³/mol. The lowest BCUT2D eigenvalue weighted by atomic mass is 10.2. The van der Waals surface area contributed by atoms with E-state index in [4.69, 9.17) is 0 Å². The van der Waals surface area contributed by atoms with Gasteiger partial charge in [-0.25, -0.2) is 14.8 Å². The van der Waals surface area contributed by atoms with Gasteiger partial charge in [0.25, 0.3) is 5.56 Å². The zero-order valence-electron chi connectivity index (χ0n) is 19.0. The second-order valence-electron chi connectivity index (χ2n) is 8.45. The standard InChI is InChI=1S/C22H28N8O3/c1-4-5-12-28-20-19(21(32)27-22(28)33)29(13-14(2)3)16(26-20)6-7-18(31)25-17-8-10-23-15-9-11-24-30(15)17/h8-11,14H,4-7,12-13H2,1-3H3,(H,25,31)(H,27,32,33). The van der Waals surface area contributed by atoms with Crippen LogP contribution in [0.5, 0.6) is 0 Å². The van der Waals surface area contributed by atoms with Gasteiger partial charge in [0, 0.05) is 38.2 Å². The number of aryl methyl sites for hydroxylation is 2. The quantitative estimate of drug-likeness (QED) is 0.399. The molecule has 4 heterocycles. The van der Waals surface area contributed by atoms with Crippen molar-refractivity contribution in [3.63, 3.8) is 0 Å². The van der Waals surface area contributed by atoms with Crippen LogP contribution in [0.15, 0.2) is 34.1 Å². The van der Waals surface area contributed by atoms with Crippen molar-refractivity contribution in [1.29, 1.82) is 0 Å². The SMILES string of the molecule is CCCCn1c(=O)[nH]c(=O)c2c1nc(CCC(=O)Nc1ccnc3ccnn13)n2CC(C)C. The van der Waals surface area contributed by atoms with E-state index in [-0.39, 0.29) is 18.2 Å². The van der Waals surface area contributed by atoms with Crippen LogP contribution in [-0.2, 0) is 24.3 Å². The number of H-pyrrole nitrogens is 1. The highest BCUT2D eigenvalue weighted by Gasteiger charge is 2.20. The first kappa shape index (κ1) is 22.4. The van der Waals surface area contributed by atoms with E-state index in [1.54, 1.807) is 29.0 Å². The van der Waals surface area contributed by atoms with Gasteiger partial charge in [0.1, 0.15) is 11.6 Å². The van der Waals surface area contributed by atoms with Gasteiger partial charge in [0.05, 0.1) is 6.20 Å². The molecule has 33 heavy (non-hydrogen) atoms. The second-order valence-corrected chi connectivity index (χ2v) is 8.45. The van der Waals surface area contributed by atoms with E-state index in [0.29, 0.717) is 48.0 Å². The van der Waals surface area contributed by atoms with Gasteiger partial charge in [-0.15, -0.1) is 0 Å². The van der Waals surface area contributed by atoms with Crippen molar-refractivity contribution in [3.8, 4) is 0 Å². The Morgan fingerprint density at radius 1 is 1.18 bits per heavy atom. The molecule has 4 rings (SSSR count). The van der Waals surface area contributed by atoms with Gasteiger partial charge in [0.15, 0.2) is 16.8 Å². The summed E-state index contributed by atoms with van der Waals surface area (Å²) in [7, 11) is 0. The average molecular weight is 453 g/mol. The first-order valence-corrected chi connectivity index (χ1v) is 11.2. The molecular weight excluding hydrogens is 424 g/mol. The number of hydrogen-bond donors (Lipinski definition) is 2. The lowest BCUT2D eigenvalue weighted by molar-refractivity contribution is -0.116. The minimum atomic E-state index is -0.458. The number of anilines is 1. The highest BCUT2D eigenvalue weighted by atomic mass is 16.2. The Morgan fingerprint density at radius 3 is 2.76 bits per heavy atom. The molecule has 0 spiro atoms. The highest BCUT2D eigenvalue weighted by molar-refractivity contribution is 5.90. The Bertz CT molecular complexity index is 1410. The fraction of sp³-hybridized carbons (Fsp3) is 0.455. The normalized spacial score (nSPS) is 11.6. The van der Waals surface area contributed by atoms with Crippen LogP contribution in [0.2, 0.25) is 0 Å². The van der Waals surface area contributed by atoms with E-state index < -0.39 is 11.2 Å². The van der Waals surface area contributed by atoms with Crippen LogP contribution in [0.25, 0.3) is 16.8 Å². The molecule has 11 nitrogen and oxygen atoms in total. The van der Waals surface area contributed by atoms with Crippen LogP contribution in [-0.4, -0.2) is 39.6 Å². The Hall–Kier alpha value is -3.76. The largest absolute Gasteiger partial charge is 0.330 e. The Balaban J connectivity index is 1.64. The number of carbonyl (C=O) groups excluding carboxylic acids is 1. The van der Waals surface area contributed by atoms with Gasteiger partial charge in [-0.1, -0.05) is 27.2 Å². The van der Waals surface area contributed by atoms with Crippen molar-refractivity contribution >= 4 is 28.5 Å². The number of amides is 1. The summed E-state index contributed by atoms with van der Waals surface area (Å²) in [6, 6.07) is 3.43. The Kier molecular flexibility index (Phi) is 6.38. The summed E-state index contributed by atoms with van der Waals surface area (Å²) in [4.78, 5) is 49.1. The summed E-state index contributed by atoms with van der Waals surface area (Å²) < 4.78 is 4.91. The van der Waals surface area contributed by atoms with Gasteiger partial charge < -0.3 is 9.88 Å². The molecule has 0 atom stereocenters. The number of imidazole rings is 1. The average Bonchev–Trinajstić information content (AvgIpc) is 3.38. The molecule has 0 aliphatic carbocycles. The number of fused-ring (bicyclic) bond motifs is 2. The zero-order valence-corrected chi connectivity index (χ0v) is 19.0. The topological polar surface area (TPSA) is 132 Å². The number of unbranched alkanes of at least 4 members (excludes halogenated alkanes) is 1. The number of nitrogens with zero attached hydrogens (tertiary/aromatic N) is 6. The van der Waals surface area contributed by atoms with Gasteiger partial charge in [-0.3, -0.25) is 19.1 Å². The maximum absolute atomic E-state index is 12.7. The predicted octanol–water partition coefficient (Wildman–Crippen LogP) is 1.96. The van der Waals surface area contributed by atoms with Crippen LogP contribution in [0.3, 0.4) is 0 Å². The number of hydrogen-bond acceptors (Lipinski definition) is 6. The van der Waals surface area contributed by atoms with Gasteiger partial charge >= 0.3 is 5.69 Å². The molecule has 0 saturated carbocycles. The second kappa shape index (κ2) is 9.39. The third-order valence-electron chi connectivity index (χ3n) is 5.38.